The highest BCUT2D eigenvalue weighted by Crippen LogP contribution is 2.46. The number of hydrogen-bond acceptors (Lipinski definition) is 4. The molecule has 234 valence electrons. The second-order valence-corrected chi connectivity index (χ2v) is 12.4. The third-order valence-corrected chi connectivity index (χ3v) is 9.48. The molecule has 10 rings (SSSR count). The van der Waals surface area contributed by atoms with Crippen LogP contribution in [-0.4, -0.2) is 19.5 Å². The van der Waals surface area contributed by atoms with Crippen LogP contribution in [0.4, 0.5) is 0 Å². The molecule has 0 spiro atoms. The van der Waals surface area contributed by atoms with Crippen molar-refractivity contribution >= 4 is 43.7 Å². The number of fused-ring (bicyclic) bond motifs is 6. The molecular formula is C45H28N4O. The van der Waals surface area contributed by atoms with Crippen molar-refractivity contribution in [1.82, 2.24) is 19.5 Å². The van der Waals surface area contributed by atoms with Crippen LogP contribution in [0.5, 0.6) is 0 Å². The van der Waals surface area contributed by atoms with Gasteiger partial charge in [-0.3, -0.25) is 4.57 Å². The van der Waals surface area contributed by atoms with Gasteiger partial charge in [-0.15, -0.1) is 0 Å². The van der Waals surface area contributed by atoms with Crippen molar-refractivity contribution in [2.24, 2.45) is 0 Å². The zero-order valence-corrected chi connectivity index (χ0v) is 26.9. The van der Waals surface area contributed by atoms with Crippen molar-refractivity contribution < 1.29 is 4.42 Å². The predicted octanol–water partition coefficient (Wildman–Crippen LogP) is 11.5. The van der Waals surface area contributed by atoms with Gasteiger partial charge in [0, 0.05) is 43.8 Å². The number of para-hydroxylation sites is 3. The van der Waals surface area contributed by atoms with Crippen LogP contribution in [0.1, 0.15) is 0 Å². The molecule has 0 aliphatic carbocycles. The van der Waals surface area contributed by atoms with Crippen LogP contribution >= 0.6 is 0 Å². The third-order valence-electron chi connectivity index (χ3n) is 9.48. The minimum Gasteiger partial charge on any atom is -0.456 e. The summed E-state index contributed by atoms with van der Waals surface area (Å²) >= 11 is 0. The van der Waals surface area contributed by atoms with E-state index < -0.39 is 0 Å². The van der Waals surface area contributed by atoms with Crippen LogP contribution in [0.15, 0.2) is 174 Å². The maximum Gasteiger partial charge on any atom is 0.238 e. The summed E-state index contributed by atoms with van der Waals surface area (Å²) in [6, 6.07) is 58.5. The minimum atomic E-state index is 0.562. The second kappa shape index (κ2) is 11.4. The van der Waals surface area contributed by atoms with Gasteiger partial charge in [-0.25, -0.2) is 4.98 Å². The van der Waals surface area contributed by atoms with E-state index >= 15 is 0 Å². The summed E-state index contributed by atoms with van der Waals surface area (Å²) in [6.45, 7) is 0. The molecule has 10 aromatic rings. The molecule has 0 atom stereocenters. The summed E-state index contributed by atoms with van der Waals surface area (Å²) in [4.78, 5) is 15.4. The largest absolute Gasteiger partial charge is 0.456 e. The molecule has 0 saturated carbocycles. The highest BCUT2D eigenvalue weighted by molar-refractivity contribution is 6.19. The Balaban J connectivity index is 1.34. The molecule has 0 aliphatic rings. The van der Waals surface area contributed by atoms with E-state index in [2.05, 4.69) is 102 Å². The van der Waals surface area contributed by atoms with E-state index in [9.17, 15) is 0 Å². The molecular weight excluding hydrogens is 613 g/mol. The molecule has 7 aromatic carbocycles. The molecule has 0 N–H and O–H groups in total. The topological polar surface area (TPSA) is 56.7 Å². The Kier molecular flexibility index (Phi) is 6.42. The second-order valence-electron chi connectivity index (χ2n) is 12.4. The Labute approximate surface area is 287 Å². The first-order valence-electron chi connectivity index (χ1n) is 16.7. The van der Waals surface area contributed by atoms with Crippen molar-refractivity contribution in [2.75, 3.05) is 0 Å². The Bertz CT molecular complexity index is 2800. The van der Waals surface area contributed by atoms with Crippen molar-refractivity contribution in [3.63, 3.8) is 0 Å². The van der Waals surface area contributed by atoms with Gasteiger partial charge in [0.1, 0.15) is 11.2 Å². The maximum absolute atomic E-state index is 6.41. The molecule has 0 saturated heterocycles. The van der Waals surface area contributed by atoms with E-state index in [0.29, 0.717) is 17.6 Å². The summed E-state index contributed by atoms with van der Waals surface area (Å²) in [6.07, 6.45) is 0. The number of nitrogens with zero attached hydrogens (tertiary/aromatic N) is 4. The predicted molar refractivity (Wildman–Crippen MR) is 203 cm³/mol. The molecule has 0 bridgehead atoms. The quantitative estimate of drug-likeness (QED) is 0.188. The fraction of sp³-hybridized carbons (Fsp3) is 0. The van der Waals surface area contributed by atoms with Gasteiger partial charge in [0.25, 0.3) is 0 Å². The van der Waals surface area contributed by atoms with E-state index in [1.165, 1.54) is 0 Å². The van der Waals surface area contributed by atoms with Gasteiger partial charge in [-0.1, -0.05) is 146 Å². The van der Waals surface area contributed by atoms with E-state index in [0.717, 1.165) is 77.1 Å². The smallest absolute Gasteiger partial charge is 0.238 e. The highest BCUT2D eigenvalue weighted by Gasteiger charge is 2.23. The summed E-state index contributed by atoms with van der Waals surface area (Å²) in [5.41, 5.74) is 10.1. The number of benzene rings is 7. The fourth-order valence-electron chi connectivity index (χ4n) is 7.29. The zero-order chi connectivity index (χ0) is 33.0. The Hall–Kier alpha value is -6.85. The number of rotatable bonds is 5. The fourth-order valence-corrected chi connectivity index (χ4v) is 7.29. The molecule has 0 aliphatic heterocycles. The minimum absolute atomic E-state index is 0.562. The highest BCUT2D eigenvalue weighted by atomic mass is 16.3. The van der Waals surface area contributed by atoms with Gasteiger partial charge in [-0.2, -0.15) is 9.97 Å². The lowest BCUT2D eigenvalue weighted by molar-refractivity contribution is 0.669. The molecule has 50 heavy (non-hydrogen) atoms. The normalized spacial score (nSPS) is 11.6. The van der Waals surface area contributed by atoms with Crippen LogP contribution in [0, 0.1) is 0 Å². The SMILES string of the molecule is c1ccc(-c2nc(-c3ccccc3)nc(-n3c4ccccc4c4cccc(-c5ccc6oc7ccccc7c6c5-c5ccccc5)c43)n2)cc1. The Morgan fingerprint density at radius 3 is 1.68 bits per heavy atom. The maximum atomic E-state index is 6.41. The molecule has 0 fully saturated rings. The first-order valence-corrected chi connectivity index (χ1v) is 16.7. The number of furan rings is 1. The van der Waals surface area contributed by atoms with Crippen LogP contribution in [-0.2, 0) is 0 Å². The zero-order valence-electron chi connectivity index (χ0n) is 26.9. The lowest BCUT2D eigenvalue weighted by atomic mass is 9.90. The van der Waals surface area contributed by atoms with Gasteiger partial charge in [0.05, 0.1) is 11.0 Å². The molecule has 5 nitrogen and oxygen atoms in total. The summed E-state index contributed by atoms with van der Waals surface area (Å²) in [5, 5.41) is 4.44. The van der Waals surface area contributed by atoms with Crippen molar-refractivity contribution in [3.05, 3.63) is 170 Å². The molecule has 3 aromatic heterocycles. The monoisotopic (exact) mass is 640 g/mol. The summed E-state index contributed by atoms with van der Waals surface area (Å²) in [7, 11) is 0. The molecule has 0 amide bonds. The van der Waals surface area contributed by atoms with Crippen molar-refractivity contribution in [1.29, 1.82) is 0 Å². The van der Waals surface area contributed by atoms with E-state index in [1.807, 2.05) is 72.8 Å². The van der Waals surface area contributed by atoms with Gasteiger partial charge < -0.3 is 4.42 Å². The van der Waals surface area contributed by atoms with Gasteiger partial charge in [0.15, 0.2) is 11.6 Å². The van der Waals surface area contributed by atoms with Crippen LogP contribution in [0.25, 0.3) is 94.7 Å². The van der Waals surface area contributed by atoms with E-state index in [4.69, 9.17) is 19.4 Å². The lowest BCUT2D eigenvalue weighted by Gasteiger charge is -2.16. The molecule has 3 heterocycles. The van der Waals surface area contributed by atoms with Gasteiger partial charge in [-0.05, 0) is 35.4 Å². The van der Waals surface area contributed by atoms with Gasteiger partial charge >= 0.3 is 0 Å². The van der Waals surface area contributed by atoms with E-state index in [-0.39, 0.29) is 0 Å². The lowest BCUT2D eigenvalue weighted by Crippen LogP contribution is -2.07. The van der Waals surface area contributed by atoms with Crippen molar-refractivity contribution in [3.8, 4) is 51.0 Å². The average molecular weight is 641 g/mol. The Morgan fingerprint density at radius 2 is 0.980 bits per heavy atom. The molecule has 0 unspecified atom stereocenters. The number of aromatic nitrogens is 4. The number of hydrogen-bond donors (Lipinski definition) is 0. The van der Waals surface area contributed by atoms with Crippen LogP contribution < -0.4 is 0 Å². The van der Waals surface area contributed by atoms with Crippen LogP contribution in [0.2, 0.25) is 0 Å². The molecule has 5 heteroatoms. The summed E-state index contributed by atoms with van der Waals surface area (Å²) < 4.78 is 8.63. The summed E-state index contributed by atoms with van der Waals surface area (Å²) in [5.74, 6) is 1.80. The first-order chi connectivity index (χ1) is 24.8. The first kappa shape index (κ1) is 28.2. The van der Waals surface area contributed by atoms with Gasteiger partial charge in [0.2, 0.25) is 5.95 Å². The van der Waals surface area contributed by atoms with Crippen molar-refractivity contribution in [2.45, 2.75) is 0 Å². The van der Waals surface area contributed by atoms with Crippen LogP contribution in [0.3, 0.4) is 0 Å². The van der Waals surface area contributed by atoms with E-state index in [1.54, 1.807) is 0 Å². The molecule has 0 radical (unpaired) electrons. The Morgan fingerprint density at radius 1 is 0.400 bits per heavy atom. The third kappa shape index (κ3) is 4.45. The average Bonchev–Trinajstić information content (AvgIpc) is 3.74. The standard InChI is InChI=1S/C45H28N4O/c1-4-15-29(16-5-1)40-33(27-28-39-41(40)36-22-11-13-26-38(36)50-39)35-24-14-23-34-32-21-10-12-25-37(32)49(42(34)35)45-47-43(30-17-6-2-7-18-30)46-44(48-45)31-19-8-3-9-20-31/h1-28H.